The lowest BCUT2D eigenvalue weighted by atomic mass is 10.1. The highest BCUT2D eigenvalue weighted by atomic mass is 16.2. The average Bonchev–Trinajstić information content (AvgIpc) is 3.28. The summed E-state index contributed by atoms with van der Waals surface area (Å²) >= 11 is 0. The molecule has 0 radical (unpaired) electrons. The first-order valence-electron chi connectivity index (χ1n) is 12.2. The molecule has 0 bridgehead atoms. The van der Waals surface area contributed by atoms with Crippen molar-refractivity contribution in [1.82, 2.24) is 24.9 Å². The third kappa shape index (κ3) is 8.42. The molecule has 7 nitrogen and oxygen atoms in total. The van der Waals surface area contributed by atoms with Crippen LogP contribution in [0.4, 0.5) is 0 Å². The summed E-state index contributed by atoms with van der Waals surface area (Å²) in [5, 5.41) is 3.46. The van der Waals surface area contributed by atoms with Crippen molar-refractivity contribution in [2.75, 3.05) is 73.0 Å². The summed E-state index contributed by atoms with van der Waals surface area (Å²) in [6, 6.07) is -0.00253. The van der Waals surface area contributed by atoms with E-state index in [1.54, 1.807) is 0 Å². The van der Waals surface area contributed by atoms with Crippen LogP contribution in [0.2, 0.25) is 0 Å². The number of piperazine rings is 1. The Bertz CT molecular complexity index is 510. The molecule has 30 heavy (non-hydrogen) atoms. The largest absolute Gasteiger partial charge is 0.357 e. The fraction of sp³-hybridized carbons (Fsp3) is 0.913. The van der Waals surface area contributed by atoms with Crippen LogP contribution in [0.15, 0.2) is 4.99 Å². The summed E-state index contributed by atoms with van der Waals surface area (Å²) in [6.45, 7) is 12.8. The normalized spacial score (nSPS) is 19.6. The molecule has 0 aromatic carbocycles. The Kier molecular flexibility index (Phi) is 11.5. The van der Waals surface area contributed by atoms with Crippen LogP contribution in [0.5, 0.6) is 0 Å². The first-order chi connectivity index (χ1) is 14.5. The highest BCUT2D eigenvalue weighted by Crippen LogP contribution is 2.14. The van der Waals surface area contributed by atoms with Gasteiger partial charge < -0.3 is 20.0 Å². The topological polar surface area (TPSA) is 54.4 Å². The molecule has 0 spiro atoms. The van der Waals surface area contributed by atoms with E-state index in [4.69, 9.17) is 4.99 Å². The highest BCUT2D eigenvalue weighted by molar-refractivity contribution is 5.82. The summed E-state index contributed by atoms with van der Waals surface area (Å²) < 4.78 is 0. The number of aliphatic imine (C=N–C) groups is 1. The lowest BCUT2D eigenvalue weighted by Crippen LogP contribution is -2.57. The zero-order valence-corrected chi connectivity index (χ0v) is 20.0. The zero-order valence-electron chi connectivity index (χ0n) is 20.0. The monoisotopic (exact) mass is 422 g/mol. The Morgan fingerprint density at radius 1 is 0.933 bits per heavy atom. The van der Waals surface area contributed by atoms with Gasteiger partial charge in [-0.3, -0.25) is 14.7 Å². The lowest BCUT2D eigenvalue weighted by Gasteiger charge is -2.39. The molecule has 0 aliphatic carbocycles. The minimum Gasteiger partial charge on any atom is -0.357 e. The molecule has 2 saturated heterocycles. The van der Waals surface area contributed by atoms with E-state index in [9.17, 15) is 4.79 Å². The van der Waals surface area contributed by atoms with Crippen LogP contribution in [0.25, 0.3) is 0 Å². The average molecular weight is 423 g/mol. The Balaban J connectivity index is 1.69. The van der Waals surface area contributed by atoms with E-state index in [1.807, 2.05) is 4.90 Å². The van der Waals surface area contributed by atoms with E-state index >= 15 is 0 Å². The van der Waals surface area contributed by atoms with E-state index < -0.39 is 0 Å². The molecule has 2 aliphatic heterocycles. The first kappa shape index (κ1) is 24.9. The number of amides is 1. The Hall–Kier alpha value is -1.34. The van der Waals surface area contributed by atoms with Crippen LogP contribution >= 0.6 is 0 Å². The second kappa shape index (κ2) is 13.9. The molecule has 2 rings (SSSR count). The van der Waals surface area contributed by atoms with Crippen molar-refractivity contribution >= 4 is 11.9 Å². The molecule has 1 unspecified atom stereocenters. The molecule has 174 valence electrons. The SMILES string of the molecule is CCNC(=NCCCCCCCN(C)C)N1CCN(C(C)C(=O)N2CCCC2)CC1. The quantitative estimate of drug-likeness (QED) is 0.314. The maximum Gasteiger partial charge on any atom is 0.239 e. The molecule has 7 heteroatoms. The highest BCUT2D eigenvalue weighted by Gasteiger charge is 2.30. The van der Waals surface area contributed by atoms with E-state index in [0.717, 1.165) is 77.6 Å². The fourth-order valence-corrected chi connectivity index (χ4v) is 4.36. The van der Waals surface area contributed by atoms with Crippen LogP contribution in [-0.4, -0.2) is 111 Å². The molecule has 1 atom stereocenters. The van der Waals surface area contributed by atoms with Gasteiger partial charge in [-0.1, -0.05) is 19.3 Å². The van der Waals surface area contributed by atoms with E-state index in [1.165, 1.54) is 32.2 Å². The molecule has 0 saturated carbocycles. The molecular weight excluding hydrogens is 376 g/mol. The Morgan fingerprint density at radius 2 is 1.57 bits per heavy atom. The Morgan fingerprint density at radius 3 is 2.20 bits per heavy atom. The number of hydrogen-bond donors (Lipinski definition) is 1. The minimum absolute atomic E-state index is 0.00253. The van der Waals surface area contributed by atoms with Gasteiger partial charge in [-0.25, -0.2) is 0 Å². The van der Waals surface area contributed by atoms with Gasteiger partial charge in [0.1, 0.15) is 0 Å². The number of nitrogens with zero attached hydrogens (tertiary/aromatic N) is 5. The van der Waals surface area contributed by atoms with E-state index in [0.29, 0.717) is 5.91 Å². The van der Waals surface area contributed by atoms with Crippen molar-refractivity contribution in [3.05, 3.63) is 0 Å². The number of likely N-dealkylation sites (tertiary alicyclic amines) is 1. The lowest BCUT2D eigenvalue weighted by molar-refractivity contribution is -0.135. The molecule has 2 heterocycles. The van der Waals surface area contributed by atoms with Gasteiger partial charge in [0, 0.05) is 52.4 Å². The van der Waals surface area contributed by atoms with Gasteiger partial charge in [0.25, 0.3) is 0 Å². The maximum atomic E-state index is 12.7. The van der Waals surface area contributed by atoms with E-state index in [2.05, 4.69) is 48.0 Å². The number of rotatable bonds is 11. The summed E-state index contributed by atoms with van der Waals surface area (Å²) in [4.78, 5) is 26.6. The van der Waals surface area contributed by atoms with Gasteiger partial charge >= 0.3 is 0 Å². The second-order valence-electron chi connectivity index (χ2n) is 9.04. The van der Waals surface area contributed by atoms with Gasteiger partial charge in [0.05, 0.1) is 6.04 Å². The number of carbonyl (C=O) groups is 1. The number of unbranched alkanes of at least 4 members (excludes halogenated alkanes) is 4. The van der Waals surface area contributed by atoms with Gasteiger partial charge in [-0.15, -0.1) is 0 Å². The third-order valence-electron chi connectivity index (χ3n) is 6.30. The zero-order chi connectivity index (χ0) is 21.8. The summed E-state index contributed by atoms with van der Waals surface area (Å²) in [5.41, 5.74) is 0. The van der Waals surface area contributed by atoms with Crippen molar-refractivity contribution in [2.45, 2.75) is 64.8 Å². The predicted molar refractivity (Wildman–Crippen MR) is 126 cm³/mol. The molecular formula is C23H46N6O. The molecule has 2 fully saturated rings. The van der Waals surface area contributed by atoms with E-state index in [-0.39, 0.29) is 6.04 Å². The molecule has 0 aromatic heterocycles. The Labute approximate surface area is 184 Å². The summed E-state index contributed by atoms with van der Waals surface area (Å²) in [5.74, 6) is 1.36. The molecule has 1 amide bonds. The van der Waals surface area contributed by atoms with Crippen LogP contribution < -0.4 is 5.32 Å². The molecule has 2 aliphatic rings. The van der Waals surface area contributed by atoms with Gasteiger partial charge in [-0.2, -0.15) is 0 Å². The molecule has 1 N–H and O–H groups in total. The van der Waals surface area contributed by atoms with Crippen LogP contribution in [0.1, 0.15) is 58.8 Å². The third-order valence-corrected chi connectivity index (χ3v) is 6.30. The van der Waals surface area contributed by atoms with Crippen LogP contribution in [-0.2, 0) is 4.79 Å². The van der Waals surface area contributed by atoms with Crippen molar-refractivity contribution in [1.29, 1.82) is 0 Å². The summed E-state index contributed by atoms with van der Waals surface area (Å²) in [7, 11) is 4.28. The number of hydrogen-bond acceptors (Lipinski definition) is 4. The van der Waals surface area contributed by atoms with Crippen LogP contribution in [0.3, 0.4) is 0 Å². The maximum absolute atomic E-state index is 12.7. The van der Waals surface area contributed by atoms with Crippen molar-refractivity contribution in [3.63, 3.8) is 0 Å². The van der Waals surface area contributed by atoms with Crippen molar-refractivity contribution in [2.24, 2.45) is 4.99 Å². The van der Waals surface area contributed by atoms with Crippen molar-refractivity contribution < 1.29 is 4.79 Å². The minimum atomic E-state index is -0.00253. The summed E-state index contributed by atoms with van der Waals surface area (Å²) in [6.07, 6.45) is 8.66. The number of carbonyl (C=O) groups excluding carboxylic acids is 1. The smallest absolute Gasteiger partial charge is 0.239 e. The first-order valence-corrected chi connectivity index (χ1v) is 12.2. The number of guanidine groups is 1. The van der Waals surface area contributed by atoms with Gasteiger partial charge in [0.2, 0.25) is 5.91 Å². The second-order valence-corrected chi connectivity index (χ2v) is 9.04. The fourth-order valence-electron chi connectivity index (χ4n) is 4.36. The molecule has 0 aromatic rings. The van der Waals surface area contributed by atoms with Crippen LogP contribution in [0, 0.1) is 0 Å². The van der Waals surface area contributed by atoms with Gasteiger partial charge in [0.15, 0.2) is 5.96 Å². The predicted octanol–water partition coefficient (Wildman–Crippen LogP) is 2.09. The standard InChI is InChI=1S/C23H46N6O/c1-5-24-23(25-13-9-7-6-8-10-14-26(3)4)29-19-17-27(18-20-29)21(2)22(30)28-15-11-12-16-28/h21H,5-20H2,1-4H3,(H,24,25). The van der Waals surface area contributed by atoms with Crippen molar-refractivity contribution in [3.8, 4) is 0 Å². The van der Waals surface area contributed by atoms with Gasteiger partial charge in [-0.05, 0) is 60.2 Å². The number of nitrogens with one attached hydrogen (secondary N) is 1.